The van der Waals surface area contributed by atoms with E-state index in [4.69, 9.17) is 9.47 Å². The highest BCUT2D eigenvalue weighted by Gasteiger charge is 2.31. The molecule has 4 heteroatoms. The third-order valence-corrected chi connectivity index (χ3v) is 3.97. The standard InChI is InChI=1S/C16H24FNO2/c1-16(2)10-13(8-9-20-16)18(3)11-12-6-5-7-14(17)15(12)19-4/h5-7,13H,8-11H2,1-4H3/t13-/m0/s1. The molecule has 1 aliphatic rings. The van der Waals surface area contributed by atoms with Gasteiger partial charge in [-0.1, -0.05) is 12.1 Å². The number of rotatable bonds is 4. The van der Waals surface area contributed by atoms with E-state index >= 15 is 0 Å². The van der Waals surface area contributed by atoms with Crippen molar-refractivity contribution in [2.45, 2.75) is 44.9 Å². The second-order valence-corrected chi connectivity index (χ2v) is 6.10. The monoisotopic (exact) mass is 281 g/mol. The van der Waals surface area contributed by atoms with Gasteiger partial charge in [-0.2, -0.15) is 0 Å². The molecule has 1 saturated heterocycles. The summed E-state index contributed by atoms with van der Waals surface area (Å²) >= 11 is 0. The van der Waals surface area contributed by atoms with Gasteiger partial charge < -0.3 is 9.47 Å². The molecule has 1 atom stereocenters. The molecular weight excluding hydrogens is 257 g/mol. The third kappa shape index (κ3) is 3.49. The Bertz CT molecular complexity index is 462. The molecule has 0 spiro atoms. The van der Waals surface area contributed by atoms with Crippen LogP contribution in [-0.2, 0) is 11.3 Å². The molecule has 1 fully saturated rings. The highest BCUT2D eigenvalue weighted by atomic mass is 19.1. The highest BCUT2D eigenvalue weighted by molar-refractivity contribution is 5.34. The summed E-state index contributed by atoms with van der Waals surface area (Å²) in [5.74, 6) is 0.0522. The molecule has 0 N–H and O–H groups in total. The van der Waals surface area contributed by atoms with E-state index in [0.717, 1.165) is 25.0 Å². The van der Waals surface area contributed by atoms with Gasteiger partial charge in [0.1, 0.15) is 0 Å². The maximum Gasteiger partial charge on any atom is 0.165 e. The minimum Gasteiger partial charge on any atom is -0.493 e. The molecule has 112 valence electrons. The maximum absolute atomic E-state index is 13.7. The number of para-hydroxylation sites is 1. The van der Waals surface area contributed by atoms with Crippen molar-refractivity contribution in [1.82, 2.24) is 4.90 Å². The predicted octanol–water partition coefficient (Wildman–Crippen LogP) is 3.22. The van der Waals surface area contributed by atoms with Crippen LogP contribution in [0.4, 0.5) is 4.39 Å². The predicted molar refractivity (Wildman–Crippen MR) is 77.5 cm³/mol. The summed E-state index contributed by atoms with van der Waals surface area (Å²) in [6.45, 7) is 5.70. The van der Waals surface area contributed by atoms with Crippen LogP contribution in [0.1, 0.15) is 32.3 Å². The van der Waals surface area contributed by atoms with Crippen LogP contribution in [0, 0.1) is 5.82 Å². The van der Waals surface area contributed by atoms with E-state index in [2.05, 4.69) is 25.8 Å². The summed E-state index contributed by atoms with van der Waals surface area (Å²) < 4.78 is 24.6. The fourth-order valence-electron chi connectivity index (χ4n) is 2.88. The van der Waals surface area contributed by atoms with E-state index < -0.39 is 0 Å². The van der Waals surface area contributed by atoms with Crippen molar-refractivity contribution in [3.05, 3.63) is 29.6 Å². The van der Waals surface area contributed by atoms with Crippen LogP contribution in [0.5, 0.6) is 5.75 Å². The molecule has 1 heterocycles. The van der Waals surface area contributed by atoms with Crippen molar-refractivity contribution in [1.29, 1.82) is 0 Å². The quantitative estimate of drug-likeness (QED) is 0.846. The van der Waals surface area contributed by atoms with E-state index in [-0.39, 0.29) is 11.4 Å². The van der Waals surface area contributed by atoms with Crippen LogP contribution in [-0.4, -0.2) is 37.3 Å². The zero-order chi connectivity index (χ0) is 14.8. The Morgan fingerprint density at radius 3 is 2.85 bits per heavy atom. The largest absolute Gasteiger partial charge is 0.493 e. The molecule has 0 amide bonds. The summed E-state index contributed by atoms with van der Waals surface area (Å²) in [6.07, 6.45) is 2.00. The molecule has 1 aromatic carbocycles. The van der Waals surface area contributed by atoms with E-state index in [1.54, 1.807) is 6.07 Å². The first kappa shape index (κ1) is 15.3. The van der Waals surface area contributed by atoms with Crippen LogP contribution in [0.15, 0.2) is 18.2 Å². The Labute approximate surface area is 120 Å². The summed E-state index contributed by atoms with van der Waals surface area (Å²) in [5.41, 5.74) is 0.808. The first-order valence-electron chi connectivity index (χ1n) is 7.08. The van der Waals surface area contributed by atoms with Gasteiger partial charge in [-0.3, -0.25) is 4.90 Å². The Kier molecular flexibility index (Phi) is 4.66. The zero-order valence-electron chi connectivity index (χ0n) is 12.8. The summed E-state index contributed by atoms with van der Waals surface area (Å²) in [6, 6.07) is 5.53. The topological polar surface area (TPSA) is 21.7 Å². The Hall–Kier alpha value is -1.13. The average Bonchev–Trinajstić information content (AvgIpc) is 2.38. The van der Waals surface area contributed by atoms with Crippen LogP contribution < -0.4 is 4.74 Å². The number of nitrogens with zero attached hydrogens (tertiary/aromatic N) is 1. The number of hydrogen-bond donors (Lipinski definition) is 0. The van der Waals surface area contributed by atoms with Crippen LogP contribution >= 0.6 is 0 Å². The van der Waals surface area contributed by atoms with Gasteiger partial charge in [0.15, 0.2) is 11.6 Å². The van der Waals surface area contributed by atoms with Gasteiger partial charge in [-0.05, 0) is 39.8 Å². The molecule has 0 aliphatic carbocycles. The van der Waals surface area contributed by atoms with E-state index in [9.17, 15) is 4.39 Å². The summed E-state index contributed by atoms with van der Waals surface area (Å²) in [7, 11) is 3.59. The zero-order valence-corrected chi connectivity index (χ0v) is 12.8. The molecular formula is C16H24FNO2. The molecule has 0 saturated carbocycles. The number of benzene rings is 1. The third-order valence-electron chi connectivity index (χ3n) is 3.97. The molecule has 0 radical (unpaired) electrons. The first-order valence-corrected chi connectivity index (χ1v) is 7.08. The maximum atomic E-state index is 13.7. The fraction of sp³-hybridized carbons (Fsp3) is 0.625. The van der Waals surface area contributed by atoms with Gasteiger partial charge in [-0.15, -0.1) is 0 Å². The molecule has 20 heavy (non-hydrogen) atoms. The highest BCUT2D eigenvalue weighted by Crippen LogP contribution is 2.29. The van der Waals surface area contributed by atoms with Crippen molar-refractivity contribution in [2.24, 2.45) is 0 Å². The van der Waals surface area contributed by atoms with Gasteiger partial charge in [-0.25, -0.2) is 4.39 Å². The SMILES string of the molecule is COc1c(F)cccc1CN(C)[C@H]1CCOC(C)(C)C1. The molecule has 0 unspecified atom stereocenters. The van der Waals surface area contributed by atoms with Crippen molar-refractivity contribution in [2.75, 3.05) is 20.8 Å². The van der Waals surface area contributed by atoms with Crippen molar-refractivity contribution in [3.63, 3.8) is 0 Å². The average molecular weight is 281 g/mol. The minimum absolute atomic E-state index is 0.0802. The molecule has 3 nitrogen and oxygen atoms in total. The van der Waals surface area contributed by atoms with Gasteiger partial charge >= 0.3 is 0 Å². The lowest BCUT2D eigenvalue weighted by Crippen LogP contribution is -2.44. The Morgan fingerprint density at radius 1 is 1.45 bits per heavy atom. The molecule has 2 rings (SSSR count). The second kappa shape index (κ2) is 6.10. The fourth-order valence-corrected chi connectivity index (χ4v) is 2.88. The number of halogens is 1. The lowest BCUT2D eigenvalue weighted by atomic mass is 9.93. The second-order valence-electron chi connectivity index (χ2n) is 6.10. The van der Waals surface area contributed by atoms with Crippen molar-refractivity contribution in [3.8, 4) is 5.75 Å². The minimum atomic E-state index is -0.300. The Morgan fingerprint density at radius 2 is 2.20 bits per heavy atom. The molecule has 1 aromatic rings. The number of hydrogen-bond acceptors (Lipinski definition) is 3. The summed E-state index contributed by atoms with van der Waals surface area (Å²) in [5, 5.41) is 0. The van der Waals surface area contributed by atoms with E-state index in [0.29, 0.717) is 18.3 Å². The Balaban J connectivity index is 2.08. The molecule has 0 aromatic heterocycles. The summed E-state index contributed by atoms with van der Waals surface area (Å²) in [4.78, 5) is 2.27. The lowest BCUT2D eigenvalue weighted by Gasteiger charge is -2.40. The van der Waals surface area contributed by atoms with Crippen LogP contribution in [0.25, 0.3) is 0 Å². The molecule has 1 aliphatic heterocycles. The lowest BCUT2D eigenvalue weighted by molar-refractivity contribution is -0.0810. The van der Waals surface area contributed by atoms with Crippen LogP contribution in [0.3, 0.4) is 0 Å². The number of methoxy groups -OCH3 is 1. The van der Waals surface area contributed by atoms with Crippen LogP contribution in [0.2, 0.25) is 0 Å². The smallest absolute Gasteiger partial charge is 0.165 e. The van der Waals surface area contributed by atoms with Gasteiger partial charge in [0, 0.05) is 24.8 Å². The first-order chi connectivity index (χ1) is 9.43. The normalized spacial score (nSPS) is 22.0. The van der Waals surface area contributed by atoms with Gasteiger partial charge in [0.25, 0.3) is 0 Å². The van der Waals surface area contributed by atoms with E-state index in [1.165, 1.54) is 13.2 Å². The van der Waals surface area contributed by atoms with Gasteiger partial charge in [0.2, 0.25) is 0 Å². The van der Waals surface area contributed by atoms with Crippen molar-refractivity contribution >= 4 is 0 Å². The van der Waals surface area contributed by atoms with E-state index in [1.807, 2.05) is 6.07 Å². The number of ether oxygens (including phenoxy) is 2. The van der Waals surface area contributed by atoms with Crippen molar-refractivity contribution < 1.29 is 13.9 Å². The molecule has 0 bridgehead atoms. The van der Waals surface area contributed by atoms with Gasteiger partial charge in [0.05, 0.1) is 12.7 Å².